The van der Waals surface area contributed by atoms with E-state index in [1.165, 1.54) is 19.4 Å². The zero-order valence-corrected chi connectivity index (χ0v) is 18.8. The summed E-state index contributed by atoms with van der Waals surface area (Å²) in [5, 5.41) is 7.92. The molecule has 0 radical (unpaired) electrons. The first-order valence-corrected chi connectivity index (χ1v) is 11.2. The molecule has 1 aromatic heterocycles. The van der Waals surface area contributed by atoms with Gasteiger partial charge in [0.1, 0.15) is 23.4 Å². The Hall–Kier alpha value is -3.47. The molecule has 180 valence electrons. The van der Waals surface area contributed by atoms with Gasteiger partial charge in [-0.05, 0) is 25.3 Å². The fourth-order valence-corrected chi connectivity index (χ4v) is 5.31. The fourth-order valence-electron chi connectivity index (χ4n) is 5.31. The van der Waals surface area contributed by atoms with Crippen molar-refractivity contribution < 1.29 is 23.1 Å². The van der Waals surface area contributed by atoms with Crippen molar-refractivity contribution in [1.29, 1.82) is 0 Å². The molecule has 3 aliphatic heterocycles. The summed E-state index contributed by atoms with van der Waals surface area (Å²) in [6, 6.07) is 3.13. The Morgan fingerprint density at radius 3 is 2.76 bits per heavy atom. The highest BCUT2D eigenvalue weighted by molar-refractivity contribution is 5.99. The minimum absolute atomic E-state index is 0.0769. The van der Waals surface area contributed by atoms with Crippen LogP contribution in [-0.2, 0) is 6.54 Å². The summed E-state index contributed by atoms with van der Waals surface area (Å²) in [5.74, 6) is -2.49. The van der Waals surface area contributed by atoms with E-state index >= 15 is 0 Å². The van der Waals surface area contributed by atoms with Crippen molar-refractivity contribution in [3.8, 4) is 5.75 Å². The largest absolute Gasteiger partial charge is 0.491 e. The minimum Gasteiger partial charge on any atom is -0.491 e. The predicted octanol–water partition coefficient (Wildman–Crippen LogP) is 0.797. The van der Waals surface area contributed by atoms with E-state index in [0.29, 0.717) is 19.0 Å². The van der Waals surface area contributed by atoms with Crippen LogP contribution in [0.1, 0.15) is 39.8 Å². The topological polar surface area (TPSA) is 95.9 Å². The average molecular weight is 473 g/mol. The summed E-state index contributed by atoms with van der Waals surface area (Å²) in [4.78, 5) is 41.3. The Labute approximate surface area is 194 Å². The van der Waals surface area contributed by atoms with Crippen molar-refractivity contribution >= 4 is 11.8 Å². The standard InChI is InChI=1S/C23H25F2N5O4/c1-3-28-18-6-13-8-26-10-17(13)30(18)29-11-15(20(31)21(34-2)19(29)23(28)33)22(32)27-9-12-4-5-14(24)7-16(12)25/h4-5,7,11,13,17-18,26H,3,6,8-10H2,1-2H3,(H,27,32)/t13-,17+,18-/m0/s1. The first kappa shape index (κ1) is 22.3. The molecular formula is C23H25F2N5O4. The zero-order valence-electron chi connectivity index (χ0n) is 18.8. The zero-order chi connectivity index (χ0) is 24.1. The molecule has 0 saturated carbocycles. The summed E-state index contributed by atoms with van der Waals surface area (Å²) in [6.45, 7) is 3.66. The van der Waals surface area contributed by atoms with Gasteiger partial charge in [-0.1, -0.05) is 6.07 Å². The summed E-state index contributed by atoms with van der Waals surface area (Å²) < 4.78 is 34.1. The van der Waals surface area contributed by atoms with Crippen LogP contribution in [0, 0.1) is 17.6 Å². The number of carbonyl (C=O) groups is 2. The molecule has 2 fully saturated rings. The van der Waals surface area contributed by atoms with E-state index in [4.69, 9.17) is 4.74 Å². The number of carbonyl (C=O) groups excluding carboxylic acids is 2. The van der Waals surface area contributed by atoms with Gasteiger partial charge in [0.15, 0.2) is 11.4 Å². The van der Waals surface area contributed by atoms with E-state index in [1.54, 1.807) is 9.58 Å². The molecule has 0 unspecified atom stereocenters. The van der Waals surface area contributed by atoms with Crippen LogP contribution in [-0.4, -0.2) is 60.3 Å². The van der Waals surface area contributed by atoms with Gasteiger partial charge in [-0.25, -0.2) is 8.78 Å². The molecule has 4 heterocycles. The smallest absolute Gasteiger partial charge is 0.278 e. The summed E-state index contributed by atoms with van der Waals surface area (Å²) in [6.07, 6.45) is 1.95. The Morgan fingerprint density at radius 2 is 2.06 bits per heavy atom. The van der Waals surface area contributed by atoms with Crippen LogP contribution in [0.3, 0.4) is 0 Å². The number of ether oxygens (including phenoxy) is 1. The maximum atomic E-state index is 14.0. The van der Waals surface area contributed by atoms with Gasteiger partial charge in [0.25, 0.3) is 11.8 Å². The van der Waals surface area contributed by atoms with Crippen molar-refractivity contribution in [3.63, 3.8) is 0 Å². The number of hydrogen-bond donors (Lipinski definition) is 2. The number of nitrogens with zero attached hydrogens (tertiary/aromatic N) is 3. The third kappa shape index (κ3) is 3.33. The molecule has 34 heavy (non-hydrogen) atoms. The van der Waals surface area contributed by atoms with Gasteiger partial charge in [-0.15, -0.1) is 0 Å². The average Bonchev–Trinajstić information content (AvgIpc) is 3.40. The van der Waals surface area contributed by atoms with Crippen LogP contribution < -0.4 is 25.8 Å². The lowest BCUT2D eigenvalue weighted by Crippen LogP contribution is -2.61. The van der Waals surface area contributed by atoms with Gasteiger partial charge < -0.3 is 20.3 Å². The third-order valence-electron chi connectivity index (χ3n) is 6.93. The van der Waals surface area contributed by atoms with Crippen LogP contribution in [0.5, 0.6) is 5.75 Å². The quantitative estimate of drug-likeness (QED) is 0.667. The molecule has 2 N–H and O–H groups in total. The first-order valence-electron chi connectivity index (χ1n) is 11.2. The molecule has 2 amide bonds. The summed E-state index contributed by atoms with van der Waals surface area (Å²) in [5.41, 5.74) is -0.796. The number of aromatic nitrogens is 1. The molecule has 2 saturated heterocycles. The first-order chi connectivity index (χ1) is 16.3. The number of hydrogen-bond acceptors (Lipinski definition) is 6. The lowest BCUT2D eigenvalue weighted by molar-refractivity contribution is 0.0594. The Morgan fingerprint density at radius 1 is 1.26 bits per heavy atom. The highest BCUT2D eigenvalue weighted by atomic mass is 19.1. The van der Waals surface area contributed by atoms with Crippen molar-refractivity contribution in [2.24, 2.45) is 5.92 Å². The van der Waals surface area contributed by atoms with Crippen LogP contribution in [0.15, 0.2) is 29.2 Å². The highest BCUT2D eigenvalue weighted by Gasteiger charge is 2.51. The van der Waals surface area contributed by atoms with Gasteiger partial charge in [0.05, 0.1) is 13.2 Å². The van der Waals surface area contributed by atoms with Gasteiger partial charge in [-0.3, -0.25) is 24.1 Å². The maximum Gasteiger partial charge on any atom is 0.278 e. The van der Waals surface area contributed by atoms with Crippen molar-refractivity contribution in [3.05, 3.63) is 63.1 Å². The number of rotatable bonds is 5. The second-order valence-electron chi connectivity index (χ2n) is 8.69. The van der Waals surface area contributed by atoms with Gasteiger partial charge in [0.2, 0.25) is 5.43 Å². The van der Waals surface area contributed by atoms with Crippen LogP contribution in [0.2, 0.25) is 0 Å². The van der Waals surface area contributed by atoms with Crippen molar-refractivity contribution in [1.82, 2.24) is 20.2 Å². The molecule has 3 atom stereocenters. The van der Waals surface area contributed by atoms with E-state index in [1.807, 2.05) is 11.9 Å². The molecule has 3 aliphatic rings. The Kier molecular flexibility index (Phi) is 5.51. The van der Waals surface area contributed by atoms with Gasteiger partial charge in [0, 0.05) is 44.0 Å². The Balaban J connectivity index is 1.55. The van der Waals surface area contributed by atoms with E-state index < -0.39 is 23.0 Å². The SMILES string of the molecule is CCN1C(=O)c2c(OC)c(=O)c(C(=O)NCc3ccc(F)cc3F)cn2N2[C@@H]3CNC[C@@H]3C[C@@H]12. The molecule has 0 aliphatic carbocycles. The molecule has 5 rings (SSSR count). The number of fused-ring (bicyclic) bond motifs is 5. The van der Waals surface area contributed by atoms with Crippen LogP contribution in [0.25, 0.3) is 0 Å². The summed E-state index contributed by atoms with van der Waals surface area (Å²) in [7, 11) is 1.28. The molecule has 9 nitrogen and oxygen atoms in total. The van der Waals surface area contributed by atoms with Crippen molar-refractivity contribution in [2.75, 3.05) is 31.8 Å². The number of pyridine rings is 1. The molecule has 11 heteroatoms. The summed E-state index contributed by atoms with van der Waals surface area (Å²) >= 11 is 0. The number of methoxy groups -OCH3 is 1. The third-order valence-corrected chi connectivity index (χ3v) is 6.93. The number of benzene rings is 1. The van der Waals surface area contributed by atoms with E-state index in [-0.39, 0.29) is 47.2 Å². The van der Waals surface area contributed by atoms with E-state index in [2.05, 4.69) is 10.6 Å². The lowest BCUT2D eigenvalue weighted by Gasteiger charge is -2.45. The molecular weight excluding hydrogens is 448 g/mol. The maximum absolute atomic E-state index is 14.0. The van der Waals surface area contributed by atoms with Crippen LogP contribution >= 0.6 is 0 Å². The van der Waals surface area contributed by atoms with Crippen LogP contribution in [0.4, 0.5) is 8.78 Å². The van der Waals surface area contributed by atoms with E-state index in [9.17, 15) is 23.2 Å². The highest BCUT2D eigenvalue weighted by Crippen LogP contribution is 2.38. The number of nitrogens with one attached hydrogen (secondary N) is 2. The normalized spacial score (nSPS) is 22.9. The molecule has 1 aromatic carbocycles. The number of amides is 2. The molecule has 0 bridgehead atoms. The molecule has 0 spiro atoms. The number of halogens is 2. The predicted molar refractivity (Wildman–Crippen MR) is 118 cm³/mol. The van der Waals surface area contributed by atoms with Gasteiger partial charge >= 0.3 is 0 Å². The fraction of sp³-hybridized carbons (Fsp3) is 0.435. The van der Waals surface area contributed by atoms with Gasteiger partial charge in [-0.2, -0.15) is 0 Å². The second-order valence-corrected chi connectivity index (χ2v) is 8.69. The second kappa shape index (κ2) is 8.39. The molecule has 2 aromatic rings. The van der Waals surface area contributed by atoms with E-state index in [0.717, 1.165) is 25.1 Å². The Bertz CT molecular complexity index is 1230. The minimum atomic E-state index is -0.801. The van der Waals surface area contributed by atoms with Crippen molar-refractivity contribution in [2.45, 2.75) is 32.1 Å². The monoisotopic (exact) mass is 473 g/mol. The lowest BCUT2D eigenvalue weighted by atomic mass is 10.0.